The molecule has 0 unspecified atom stereocenters. The van der Waals surface area contributed by atoms with Gasteiger partial charge in [0.2, 0.25) is 0 Å². The maximum atomic E-state index is 6.02. The Balaban J connectivity index is 2.57. The van der Waals surface area contributed by atoms with Gasteiger partial charge in [-0.2, -0.15) is 0 Å². The first-order valence-electron chi connectivity index (χ1n) is 6.40. The topological polar surface area (TPSA) is 64.4 Å². The van der Waals surface area contributed by atoms with Crippen LogP contribution in [0.15, 0.2) is 16.9 Å². The summed E-state index contributed by atoms with van der Waals surface area (Å²) in [6.07, 6.45) is 9.34. The zero-order valence-corrected chi connectivity index (χ0v) is 10.6. The van der Waals surface area contributed by atoms with Crippen molar-refractivity contribution >= 4 is 5.84 Å². The second-order valence-electron chi connectivity index (χ2n) is 5.03. The number of rotatable bonds is 3. The summed E-state index contributed by atoms with van der Waals surface area (Å²) in [5.41, 5.74) is 12.6. The molecule has 92 valence electrons. The average Bonchev–Trinajstić information content (AvgIpc) is 2.53. The zero-order chi connectivity index (χ0) is 12.0. The van der Waals surface area contributed by atoms with Gasteiger partial charge in [-0.15, -0.1) is 0 Å². The van der Waals surface area contributed by atoms with Crippen LogP contribution in [0.1, 0.15) is 52.4 Å². The molecule has 0 bridgehead atoms. The van der Waals surface area contributed by atoms with Crippen LogP contribution in [0.5, 0.6) is 0 Å². The first-order valence-corrected chi connectivity index (χ1v) is 6.40. The molecular weight excluding hydrogens is 198 g/mol. The number of hydrogen-bond acceptors (Lipinski definition) is 2. The highest BCUT2D eigenvalue weighted by Gasteiger charge is 2.15. The lowest BCUT2D eigenvalue weighted by atomic mass is 9.99. The first kappa shape index (κ1) is 13.1. The third kappa shape index (κ3) is 4.25. The predicted octanol–water partition coefficient (Wildman–Crippen LogP) is 2.77. The fourth-order valence-corrected chi connectivity index (χ4v) is 1.98. The van der Waals surface area contributed by atoms with Crippen LogP contribution in [0.25, 0.3) is 0 Å². The lowest BCUT2D eigenvalue weighted by Crippen LogP contribution is -2.23. The van der Waals surface area contributed by atoms with E-state index in [0.717, 1.165) is 11.5 Å². The molecule has 0 aliphatic heterocycles. The van der Waals surface area contributed by atoms with Crippen LogP contribution in [0, 0.1) is 11.8 Å². The maximum Gasteiger partial charge on any atom is 0.102 e. The van der Waals surface area contributed by atoms with E-state index in [1.54, 1.807) is 6.20 Å². The number of amidine groups is 1. The van der Waals surface area contributed by atoms with Gasteiger partial charge in [-0.3, -0.25) is 0 Å². The van der Waals surface area contributed by atoms with Crippen molar-refractivity contribution in [3.63, 3.8) is 0 Å². The van der Waals surface area contributed by atoms with Gasteiger partial charge in [-0.25, -0.2) is 4.99 Å². The molecule has 0 aromatic rings. The van der Waals surface area contributed by atoms with E-state index in [4.69, 9.17) is 11.5 Å². The summed E-state index contributed by atoms with van der Waals surface area (Å²) in [4.78, 5) is 4.32. The highest BCUT2D eigenvalue weighted by Crippen LogP contribution is 2.22. The molecule has 3 nitrogen and oxygen atoms in total. The number of nitrogens with two attached hydrogens (primary N) is 2. The molecule has 3 heteroatoms. The van der Waals surface area contributed by atoms with E-state index in [1.165, 1.54) is 38.5 Å². The van der Waals surface area contributed by atoms with Crippen molar-refractivity contribution in [1.82, 2.24) is 0 Å². The van der Waals surface area contributed by atoms with Gasteiger partial charge < -0.3 is 11.5 Å². The quantitative estimate of drug-likeness (QED) is 0.439. The van der Waals surface area contributed by atoms with E-state index in [1.807, 2.05) is 0 Å². The third-order valence-corrected chi connectivity index (χ3v) is 3.30. The van der Waals surface area contributed by atoms with Crippen molar-refractivity contribution in [2.75, 3.05) is 0 Å². The third-order valence-electron chi connectivity index (χ3n) is 3.30. The van der Waals surface area contributed by atoms with Gasteiger partial charge in [-0.05, 0) is 18.8 Å². The Hall–Kier alpha value is -0.990. The fraction of sp³-hybridized carbons (Fsp3) is 0.769. The second kappa shape index (κ2) is 6.56. The minimum Gasteiger partial charge on any atom is -0.401 e. The standard InChI is InChI=1S/C13H25N3/c1-10(2)12(14)9-16-13(15)11-7-5-3-4-6-8-11/h9-11H,3-8,14H2,1-2H3,(H2,15,16)/b12-9-. The summed E-state index contributed by atoms with van der Waals surface area (Å²) < 4.78 is 0. The summed E-state index contributed by atoms with van der Waals surface area (Å²) >= 11 is 0. The molecule has 1 fully saturated rings. The highest BCUT2D eigenvalue weighted by atomic mass is 14.9. The molecule has 16 heavy (non-hydrogen) atoms. The normalized spacial score (nSPS) is 21.2. The Morgan fingerprint density at radius 2 is 1.69 bits per heavy atom. The molecule has 0 spiro atoms. The average molecular weight is 223 g/mol. The van der Waals surface area contributed by atoms with E-state index in [9.17, 15) is 0 Å². The molecule has 0 aromatic carbocycles. The lowest BCUT2D eigenvalue weighted by Gasteiger charge is -2.12. The second-order valence-corrected chi connectivity index (χ2v) is 5.03. The van der Waals surface area contributed by atoms with E-state index in [0.29, 0.717) is 11.8 Å². The first-order chi connectivity index (χ1) is 7.61. The Morgan fingerprint density at radius 3 is 2.19 bits per heavy atom. The minimum absolute atomic E-state index is 0.339. The molecule has 0 amide bonds. The molecule has 0 atom stereocenters. The smallest absolute Gasteiger partial charge is 0.102 e. The van der Waals surface area contributed by atoms with E-state index < -0.39 is 0 Å². The van der Waals surface area contributed by atoms with Crippen molar-refractivity contribution < 1.29 is 0 Å². The predicted molar refractivity (Wildman–Crippen MR) is 69.9 cm³/mol. The summed E-state index contributed by atoms with van der Waals surface area (Å²) in [6, 6.07) is 0. The molecule has 4 N–H and O–H groups in total. The zero-order valence-electron chi connectivity index (χ0n) is 10.6. The number of hydrogen-bond donors (Lipinski definition) is 2. The van der Waals surface area contributed by atoms with Gasteiger partial charge in [0.1, 0.15) is 5.84 Å². The maximum absolute atomic E-state index is 6.02. The Bertz CT molecular complexity index is 258. The van der Waals surface area contributed by atoms with Crippen molar-refractivity contribution in [1.29, 1.82) is 0 Å². The molecule has 0 aromatic heterocycles. The van der Waals surface area contributed by atoms with Gasteiger partial charge in [0.05, 0.1) is 0 Å². The van der Waals surface area contributed by atoms with Crippen LogP contribution in [0.4, 0.5) is 0 Å². The van der Waals surface area contributed by atoms with Crippen molar-refractivity contribution in [3.05, 3.63) is 11.9 Å². The van der Waals surface area contributed by atoms with Crippen LogP contribution in [-0.4, -0.2) is 5.84 Å². The monoisotopic (exact) mass is 223 g/mol. The highest BCUT2D eigenvalue weighted by molar-refractivity contribution is 5.83. The molecular formula is C13H25N3. The molecule has 1 aliphatic carbocycles. The SMILES string of the molecule is CC(C)/C(N)=C/N=C(N)C1CCCCCC1. The largest absolute Gasteiger partial charge is 0.401 e. The van der Waals surface area contributed by atoms with Crippen molar-refractivity contribution in [2.24, 2.45) is 28.3 Å². The van der Waals surface area contributed by atoms with E-state index in [2.05, 4.69) is 18.8 Å². The van der Waals surface area contributed by atoms with E-state index in [-0.39, 0.29) is 0 Å². The molecule has 0 radical (unpaired) electrons. The summed E-state index contributed by atoms with van der Waals surface area (Å²) in [5, 5.41) is 0. The lowest BCUT2D eigenvalue weighted by molar-refractivity contribution is 0.587. The van der Waals surface area contributed by atoms with Crippen LogP contribution in [0.2, 0.25) is 0 Å². The Kier molecular flexibility index (Phi) is 5.36. The number of nitrogens with zero attached hydrogens (tertiary/aromatic N) is 1. The Morgan fingerprint density at radius 1 is 1.12 bits per heavy atom. The van der Waals surface area contributed by atoms with Gasteiger partial charge in [0, 0.05) is 17.8 Å². The number of aliphatic imine (C=N–C) groups is 1. The van der Waals surface area contributed by atoms with Gasteiger partial charge in [0.15, 0.2) is 0 Å². The van der Waals surface area contributed by atoms with Gasteiger partial charge >= 0.3 is 0 Å². The van der Waals surface area contributed by atoms with Crippen LogP contribution in [-0.2, 0) is 0 Å². The molecule has 1 aliphatic rings. The fourth-order valence-electron chi connectivity index (χ4n) is 1.98. The molecule has 0 saturated heterocycles. The Labute approximate surface area is 99.0 Å². The molecule has 1 rings (SSSR count). The van der Waals surface area contributed by atoms with Crippen LogP contribution in [0.3, 0.4) is 0 Å². The summed E-state index contributed by atoms with van der Waals surface area (Å²) in [7, 11) is 0. The van der Waals surface area contributed by atoms with Crippen LogP contribution >= 0.6 is 0 Å². The van der Waals surface area contributed by atoms with E-state index >= 15 is 0 Å². The van der Waals surface area contributed by atoms with Gasteiger partial charge in [-0.1, -0.05) is 39.5 Å². The summed E-state index contributed by atoms with van der Waals surface area (Å²) in [6.45, 7) is 4.12. The molecule has 1 saturated carbocycles. The number of allylic oxidation sites excluding steroid dienone is 1. The van der Waals surface area contributed by atoms with Crippen molar-refractivity contribution in [3.8, 4) is 0 Å². The molecule has 0 heterocycles. The van der Waals surface area contributed by atoms with Crippen LogP contribution < -0.4 is 11.5 Å². The van der Waals surface area contributed by atoms with Gasteiger partial charge in [0.25, 0.3) is 0 Å². The summed E-state index contributed by atoms with van der Waals surface area (Å²) in [5.74, 6) is 1.58. The minimum atomic E-state index is 0.339. The van der Waals surface area contributed by atoms with Crippen molar-refractivity contribution in [2.45, 2.75) is 52.4 Å².